The zero-order chi connectivity index (χ0) is 12.8. The van der Waals surface area contributed by atoms with Crippen molar-refractivity contribution in [3.05, 3.63) is 53.9 Å². The number of aromatic nitrogens is 2. The van der Waals surface area contributed by atoms with Crippen LogP contribution in [-0.4, -0.2) is 15.7 Å². The molecule has 1 aromatic heterocycles. The summed E-state index contributed by atoms with van der Waals surface area (Å²) in [6.07, 6.45) is 5.06. The van der Waals surface area contributed by atoms with Crippen molar-refractivity contribution < 1.29 is 0 Å². The van der Waals surface area contributed by atoms with Crippen molar-refractivity contribution in [2.24, 2.45) is 13.0 Å². The lowest BCUT2D eigenvalue weighted by atomic mass is 9.96. The van der Waals surface area contributed by atoms with Gasteiger partial charge >= 0.3 is 0 Å². The second kappa shape index (κ2) is 6.60. The molecule has 3 heteroatoms. The van der Waals surface area contributed by atoms with Crippen molar-refractivity contribution in [2.45, 2.75) is 19.3 Å². The summed E-state index contributed by atoms with van der Waals surface area (Å²) in [6.45, 7) is 0. The van der Waals surface area contributed by atoms with Crippen molar-refractivity contribution in [3.63, 3.8) is 0 Å². The van der Waals surface area contributed by atoms with E-state index in [2.05, 4.69) is 41.5 Å². The monoisotopic (exact) mass is 262 g/mol. The fourth-order valence-electron chi connectivity index (χ4n) is 2.18. The molecule has 0 amide bonds. The minimum absolute atomic E-state index is 0.531. The Labute approximate surface area is 114 Å². The Morgan fingerprint density at radius 1 is 1.22 bits per heavy atom. The average molecular weight is 263 g/mol. The van der Waals surface area contributed by atoms with Crippen LogP contribution in [0.4, 0.5) is 0 Å². The van der Waals surface area contributed by atoms with Gasteiger partial charge in [0.25, 0.3) is 0 Å². The molecule has 2 nitrogen and oxygen atoms in total. The number of rotatable bonds is 6. The Bertz CT molecular complexity index is 464. The number of aryl methyl sites for hydroxylation is 2. The first-order valence-electron chi connectivity index (χ1n) is 6.36. The van der Waals surface area contributed by atoms with Gasteiger partial charge in [0.15, 0.2) is 0 Å². The summed E-state index contributed by atoms with van der Waals surface area (Å²) in [7, 11) is 1.99. The molecule has 1 heterocycles. The largest absolute Gasteiger partial charge is 0.273 e. The molecule has 0 aliphatic rings. The molecule has 0 aliphatic carbocycles. The Hall–Kier alpha value is -1.28. The normalized spacial score (nSPS) is 12.6. The molecule has 0 N–H and O–H groups in total. The highest BCUT2D eigenvalue weighted by atomic mass is 35.5. The van der Waals surface area contributed by atoms with Gasteiger partial charge in [0.05, 0.1) is 0 Å². The van der Waals surface area contributed by atoms with Crippen molar-refractivity contribution in [2.75, 3.05) is 5.88 Å². The van der Waals surface area contributed by atoms with E-state index in [9.17, 15) is 0 Å². The van der Waals surface area contributed by atoms with Gasteiger partial charge in [-0.15, -0.1) is 11.6 Å². The van der Waals surface area contributed by atoms with Gasteiger partial charge in [-0.3, -0.25) is 4.68 Å². The van der Waals surface area contributed by atoms with Gasteiger partial charge in [0.1, 0.15) is 0 Å². The molecule has 0 aliphatic heterocycles. The smallest absolute Gasteiger partial charge is 0.0492 e. The minimum Gasteiger partial charge on any atom is -0.273 e. The third kappa shape index (κ3) is 3.61. The van der Waals surface area contributed by atoms with E-state index in [1.165, 1.54) is 11.3 Å². The first-order valence-corrected chi connectivity index (χ1v) is 6.90. The summed E-state index contributed by atoms with van der Waals surface area (Å²) in [6, 6.07) is 12.6. The number of hydrogen-bond donors (Lipinski definition) is 0. The molecule has 2 aromatic rings. The first-order chi connectivity index (χ1) is 8.79. The number of alkyl halides is 1. The highest BCUT2D eigenvalue weighted by Gasteiger charge is 2.10. The zero-order valence-corrected chi connectivity index (χ0v) is 11.5. The van der Waals surface area contributed by atoms with Crippen LogP contribution < -0.4 is 0 Å². The number of nitrogens with zero attached hydrogens (tertiary/aromatic N) is 2. The van der Waals surface area contributed by atoms with Gasteiger partial charge in [0.2, 0.25) is 0 Å². The van der Waals surface area contributed by atoms with E-state index in [-0.39, 0.29) is 0 Å². The summed E-state index contributed by atoms with van der Waals surface area (Å²) >= 11 is 6.07. The number of halogens is 1. The minimum atomic E-state index is 0.531. The molecular weight excluding hydrogens is 244 g/mol. The van der Waals surface area contributed by atoms with Crippen molar-refractivity contribution in [1.29, 1.82) is 0 Å². The van der Waals surface area contributed by atoms with Gasteiger partial charge in [-0.05, 0) is 36.8 Å². The van der Waals surface area contributed by atoms with Crippen molar-refractivity contribution >= 4 is 11.6 Å². The van der Waals surface area contributed by atoms with Gasteiger partial charge in [-0.25, -0.2) is 0 Å². The maximum Gasteiger partial charge on any atom is 0.0492 e. The van der Waals surface area contributed by atoms with Crippen molar-refractivity contribution in [1.82, 2.24) is 9.78 Å². The van der Waals surface area contributed by atoms with E-state index < -0.39 is 0 Å². The van der Waals surface area contributed by atoms with E-state index in [1.54, 1.807) is 0 Å². The zero-order valence-electron chi connectivity index (χ0n) is 10.7. The van der Waals surface area contributed by atoms with E-state index in [1.807, 2.05) is 17.9 Å². The molecule has 0 saturated heterocycles. The third-order valence-corrected chi connectivity index (χ3v) is 3.75. The lowest BCUT2D eigenvalue weighted by Gasteiger charge is -2.13. The lowest BCUT2D eigenvalue weighted by molar-refractivity contribution is 0.523. The molecule has 0 saturated carbocycles. The molecule has 1 unspecified atom stereocenters. The maximum atomic E-state index is 6.07. The Morgan fingerprint density at radius 2 is 2.00 bits per heavy atom. The van der Waals surface area contributed by atoms with E-state index in [0.29, 0.717) is 11.8 Å². The lowest BCUT2D eigenvalue weighted by Crippen LogP contribution is -2.09. The van der Waals surface area contributed by atoms with Crippen LogP contribution in [0, 0.1) is 5.92 Å². The molecule has 0 fully saturated rings. The summed E-state index contributed by atoms with van der Waals surface area (Å²) in [5.74, 6) is 1.25. The summed E-state index contributed by atoms with van der Waals surface area (Å²) in [4.78, 5) is 0. The Morgan fingerprint density at radius 3 is 2.61 bits per heavy atom. The highest BCUT2D eigenvalue weighted by molar-refractivity contribution is 6.18. The molecule has 0 bridgehead atoms. The number of hydrogen-bond acceptors (Lipinski definition) is 1. The van der Waals surface area contributed by atoms with Crippen LogP contribution in [0.1, 0.15) is 17.7 Å². The molecule has 2 rings (SSSR count). The second-order valence-electron chi connectivity index (χ2n) is 4.69. The van der Waals surface area contributed by atoms with Gasteiger partial charge in [-0.2, -0.15) is 5.10 Å². The van der Waals surface area contributed by atoms with Crippen LogP contribution >= 0.6 is 11.6 Å². The Balaban J connectivity index is 1.88. The fourth-order valence-corrected chi connectivity index (χ4v) is 2.44. The summed E-state index contributed by atoms with van der Waals surface area (Å²) in [5.41, 5.74) is 2.64. The molecule has 1 aromatic carbocycles. The molecule has 1 atom stereocenters. The quantitative estimate of drug-likeness (QED) is 0.729. The first kappa shape index (κ1) is 13.2. The molecule has 18 heavy (non-hydrogen) atoms. The fraction of sp³-hybridized carbons (Fsp3) is 0.400. The maximum absolute atomic E-state index is 6.07. The molecule has 0 radical (unpaired) electrons. The SMILES string of the molecule is Cn1nccc1CCC(CCl)Cc1ccccc1. The van der Waals surface area contributed by atoms with E-state index >= 15 is 0 Å². The average Bonchev–Trinajstić information content (AvgIpc) is 2.81. The van der Waals surface area contributed by atoms with E-state index in [0.717, 1.165) is 19.3 Å². The molecular formula is C15H19ClN2. The van der Waals surface area contributed by atoms with Crippen molar-refractivity contribution in [3.8, 4) is 0 Å². The molecule has 96 valence electrons. The molecule has 0 spiro atoms. The third-order valence-electron chi connectivity index (χ3n) is 3.32. The second-order valence-corrected chi connectivity index (χ2v) is 5.00. The van der Waals surface area contributed by atoms with Gasteiger partial charge in [0, 0.05) is 24.8 Å². The van der Waals surface area contributed by atoms with Crippen LogP contribution in [0.2, 0.25) is 0 Å². The van der Waals surface area contributed by atoms with Crippen LogP contribution in [-0.2, 0) is 19.9 Å². The van der Waals surface area contributed by atoms with Crippen LogP contribution in [0.25, 0.3) is 0 Å². The summed E-state index contributed by atoms with van der Waals surface area (Å²) < 4.78 is 1.94. The van der Waals surface area contributed by atoms with Crippen LogP contribution in [0.3, 0.4) is 0 Å². The highest BCUT2D eigenvalue weighted by Crippen LogP contribution is 2.16. The van der Waals surface area contributed by atoms with Gasteiger partial charge in [-0.1, -0.05) is 30.3 Å². The predicted octanol–water partition coefficient (Wildman–Crippen LogP) is 3.45. The van der Waals surface area contributed by atoms with E-state index in [4.69, 9.17) is 11.6 Å². The summed E-state index contributed by atoms with van der Waals surface area (Å²) in [5, 5.41) is 4.19. The standard InChI is InChI=1S/C15H19ClN2/c1-18-15(9-10-17-18)8-7-14(12-16)11-13-5-3-2-4-6-13/h2-6,9-10,14H,7-8,11-12H2,1H3. The van der Waals surface area contributed by atoms with Gasteiger partial charge < -0.3 is 0 Å². The topological polar surface area (TPSA) is 17.8 Å². The number of benzene rings is 1. The Kier molecular flexibility index (Phi) is 4.82. The van der Waals surface area contributed by atoms with Crippen LogP contribution in [0.5, 0.6) is 0 Å². The predicted molar refractivity (Wildman–Crippen MR) is 75.9 cm³/mol. The van der Waals surface area contributed by atoms with Crippen LogP contribution in [0.15, 0.2) is 42.6 Å².